The topological polar surface area (TPSA) is 38.0 Å². The van der Waals surface area contributed by atoms with Crippen molar-refractivity contribution in [2.45, 2.75) is 38.7 Å². The van der Waals surface area contributed by atoms with Crippen LogP contribution in [0.4, 0.5) is 0 Å². The molecular formula is C12H20N2O. The fourth-order valence-electron chi connectivity index (χ4n) is 2.43. The van der Waals surface area contributed by atoms with Crippen LogP contribution in [-0.4, -0.2) is 20.5 Å². The van der Waals surface area contributed by atoms with Gasteiger partial charge >= 0.3 is 0 Å². The molecule has 0 spiro atoms. The molecule has 0 radical (unpaired) electrons. The molecule has 2 rings (SSSR count). The van der Waals surface area contributed by atoms with Gasteiger partial charge in [0.05, 0.1) is 11.3 Å². The van der Waals surface area contributed by atoms with E-state index in [0.29, 0.717) is 18.3 Å². The third kappa shape index (κ3) is 2.23. The van der Waals surface area contributed by atoms with Gasteiger partial charge < -0.3 is 5.11 Å². The molecule has 15 heavy (non-hydrogen) atoms. The molecule has 1 aromatic heterocycles. The highest BCUT2D eigenvalue weighted by Gasteiger charge is 2.43. The summed E-state index contributed by atoms with van der Waals surface area (Å²) in [7, 11) is 1.91. The van der Waals surface area contributed by atoms with E-state index >= 15 is 0 Å². The van der Waals surface area contributed by atoms with Crippen LogP contribution in [0, 0.1) is 11.8 Å². The number of aliphatic hydroxyl groups is 1. The van der Waals surface area contributed by atoms with Crippen molar-refractivity contribution in [1.29, 1.82) is 0 Å². The van der Waals surface area contributed by atoms with Crippen LogP contribution in [0.25, 0.3) is 0 Å². The number of hydrogen-bond acceptors (Lipinski definition) is 2. The summed E-state index contributed by atoms with van der Waals surface area (Å²) >= 11 is 0. The first-order valence-electron chi connectivity index (χ1n) is 5.69. The molecule has 1 heterocycles. The lowest BCUT2D eigenvalue weighted by molar-refractivity contribution is -0.0866. The number of rotatable bonds is 3. The third-order valence-electron chi connectivity index (χ3n) is 3.51. The Balaban J connectivity index is 1.91. The van der Waals surface area contributed by atoms with Crippen LogP contribution < -0.4 is 0 Å². The SMILES string of the molecule is CC(C)C1CC(O)(Cc2ccn(C)n2)C1. The molecule has 84 valence electrons. The second-order valence-electron chi connectivity index (χ2n) is 5.29. The lowest BCUT2D eigenvalue weighted by atomic mass is 9.64. The van der Waals surface area contributed by atoms with Gasteiger partial charge in [-0.15, -0.1) is 0 Å². The van der Waals surface area contributed by atoms with Gasteiger partial charge in [0.25, 0.3) is 0 Å². The first kappa shape index (κ1) is 10.7. The van der Waals surface area contributed by atoms with Crippen LogP contribution in [0.1, 0.15) is 32.4 Å². The zero-order valence-electron chi connectivity index (χ0n) is 9.77. The summed E-state index contributed by atoms with van der Waals surface area (Å²) in [6, 6.07) is 1.99. The van der Waals surface area contributed by atoms with Crippen molar-refractivity contribution >= 4 is 0 Å². The molecule has 0 unspecified atom stereocenters. The van der Waals surface area contributed by atoms with Crippen molar-refractivity contribution in [3.05, 3.63) is 18.0 Å². The molecular weight excluding hydrogens is 188 g/mol. The zero-order valence-corrected chi connectivity index (χ0v) is 9.77. The van der Waals surface area contributed by atoms with Gasteiger partial charge in [-0.3, -0.25) is 4.68 Å². The molecule has 1 aliphatic carbocycles. The first-order chi connectivity index (χ1) is 6.98. The maximum absolute atomic E-state index is 10.2. The Morgan fingerprint density at radius 1 is 1.60 bits per heavy atom. The van der Waals surface area contributed by atoms with Gasteiger partial charge in [-0.25, -0.2) is 0 Å². The largest absolute Gasteiger partial charge is 0.389 e. The van der Waals surface area contributed by atoms with Gasteiger partial charge in [0.1, 0.15) is 0 Å². The minimum absolute atomic E-state index is 0.483. The van der Waals surface area contributed by atoms with Gasteiger partial charge in [0, 0.05) is 19.7 Å². The molecule has 0 aliphatic heterocycles. The van der Waals surface area contributed by atoms with Crippen molar-refractivity contribution in [1.82, 2.24) is 9.78 Å². The normalized spacial score (nSPS) is 30.6. The summed E-state index contributed by atoms with van der Waals surface area (Å²) in [6.07, 6.45) is 4.50. The van der Waals surface area contributed by atoms with Crippen LogP contribution in [0.5, 0.6) is 0 Å². The zero-order chi connectivity index (χ0) is 11.1. The number of aryl methyl sites for hydroxylation is 1. The van der Waals surface area contributed by atoms with Crippen molar-refractivity contribution < 1.29 is 5.11 Å². The summed E-state index contributed by atoms with van der Waals surface area (Å²) < 4.78 is 1.79. The highest BCUT2D eigenvalue weighted by Crippen LogP contribution is 2.43. The summed E-state index contributed by atoms with van der Waals surface area (Å²) in [4.78, 5) is 0. The lowest BCUT2D eigenvalue weighted by Crippen LogP contribution is -2.47. The van der Waals surface area contributed by atoms with E-state index < -0.39 is 5.60 Å². The molecule has 0 bridgehead atoms. The Kier molecular flexibility index (Phi) is 2.59. The number of hydrogen-bond donors (Lipinski definition) is 1. The average molecular weight is 208 g/mol. The van der Waals surface area contributed by atoms with Crippen LogP contribution in [0.15, 0.2) is 12.3 Å². The second-order valence-corrected chi connectivity index (χ2v) is 5.29. The average Bonchev–Trinajstić information content (AvgIpc) is 2.46. The van der Waals surface area contributed by atoms with Crippen molar-refractivity contribution in [2.24, 2.45) is 18.9 Å². The van der Waals surface area contributed by atoms with E-state index in [1.807, 2.05) is 19.3 Å². The maximum atomic E-state index is 10.2. The quantitative estimate of drug-likeness (QED) is 0.822. The van der Waals surface area contributed by atoms with Gasteiger partial charge in [0.2, 0.25) is 0 Å². The van der Waals surface area contributed by atoms with Gasteiger partial charge in [0.15, 0.2) is 0 Å². The second kappa shape index (κ2) is 3.63. The minimum Gasteiger partial charge on any atom is -0.389 e. The Morgan fingerprint density at radius 3 is 2.73 bits per heavy atom. The van der Waals surface area contributed by atoms with E-state index in [0.717, 1.165) is 18.5 Å². The Hall–Kier alpha value is -0.830. The van der Waals surface area contributed by atoms with Gasteiger partial charge in [-0.05, 0) is 30.7 Å². The van der Waals surface area contributed by atoms with Crippen LogP contribution in [0.2, 0.25) is 0 Å². The molecule has 1 fully saturated rings. The molecule has 0 amide bonds. The van der Waals surface area contributed by atoms with Crippen molar-refractivity contribution in [2.75, 3.05) is 0 Å². The Morgan fingerprint density at radius 2 is 2.27 bits per heavy atom. The molecule has 1 aromatic rings. The first-order valence-corrected chi connectivity index (χ1v) is 5.69. The van der Waals surface area contributed by atoms with Crippen LogP contribution in [-0.2, 0) is 13.5 Å². The molecule has 1 N–H and O–H groups in total. The van der Waals surface area contributed by atoms with Gasteiger partial charge in [-0.1, -0.05) is 13.8 Å². The van der Waals surface area contributed by atoms with Gasteiger partial charge in [-0.2, -0.15) is 5.10 Å². The molecule has 0 aromatic carbocycles. The van der Waals surface area contributed by atoms with Crippen LogP contribution in [0.3, 0.4) is 0 Å². The van der Waals surface area contributed by atoms with Crippen LogP contribution >= 0.6 is 0 Å². The van der Waals surface area contributed by atoms with E-state index in [-0.39, 0.29) is 0 Å². The van der Waals surface area contributed by atoms with E-state index in [2.05, 4.69) is 18.9 Å². The highest BCUT2D eigenvalue weighted by atomic mass is 16.3. The van der Waals surface area contributed by atoms with Crippen molar-refractivity contribution in [3.8, 4) is 0 Å². The minimum atomic E-state index is -0.483. The summed E-state index contributed by atoms with van der Waals surface area (Å²) in [5, 5.41) is 14.5. The molecule has 1 aliphatic rings. The summed E-state index contributed by atoms with van der Waals surface area (Å²) in [5.74, 6) is 1.38. The molecule has 0 saturated heterocycles. The Bertz CT molecular complexity index is 337. The Labute approximate surface area is 91.1 Å². The maximum Gasteiger partial charge on any atom is 0.0709 e. The predicted molar refractivity (Wildman–Crippen MR) is 59.4 cm³/mol. The molecule has 1 saturated carbocycles. The van der Waals surface area contributed by atoms with E-state index in [1.54, 1.807) is 4.68 Å². The standard InChI is InChI=1S/C12H20N2O/c1-9(2)10-6-12(15,7-10)8-11-4-5-14(3)13-11/h4-5,9-10,15H,6-8H2,1-3H3. The number of nitrogens with zero attached hydrogens (tertiary/aromatic N) is 2. The predicted octanol–water partition coefficient (Wildman–Crippen LogP) is 1.76. The monoisotopic (exact) mass is 208 g/mol. The summed E-state index contributed by atoms with van der Waals surface area (Å²) in [6.45, 7) is 4.45. The summed E-state index contributed by atoms with van der Waals surface area (Å²) in [5.41, 5.74) is 0.519. The fourth-order valence-corrected chi connectivity index (χ4v) is 2.43. The van der Waals surface area contributed by atoms with E-state index in [4.69, 9.17) is 0 Å². The smallest absolute Gasteiger partial charge is 0.0709 e. The molecule has 3 nitrogen and oxygen atoms in total. The van der Waals surface area contributed by atoms with Crippen molar-refractivity contribution in [3.63, 3.8) is 0 Å². The third-order valence-corrected chi connectivity index (χ3v) is 3.51. The lowest BCUT2D eigenvalue weighted by Gasteiger charge is -2.45. The molecule has 3 heteroatoms. The fraction of sp³-hybridized carbons (Fsp3) is 0.750. The number of aromatic nitrogens is 2. The van der Waals surface area contributed by atoms with E-state index in [1.165, 1.54) is 0 Å². The van der Waals surface area contributed by atoms with E-state index in [9.17, 15) is 5.11 Å². The molecule has 0 atom stereocenters. The highest BCUT2D eigenvalue weighted by molar-refractivity contribution is 5.08.